The second-order valence-electron chi connectivity index (χ2n) is 11.4. The molecule has 0 saturated heterocycles. The topological polar surface area (TPSA) is 84.9 Å². The average molecular weight is 471 g/mol. The van der Waals surface area contributed by atoms with Crippen molar-refractivity contribution in [2.75, 3.05) is 6.54 Å². The molecule has 1 aromatic carbocycles. The van der Waals surface area contributed by atoms with Crippen LogP contribution in [0, 0.1) is 23.7 Å². The maximum absolute atomic E-state index is 13.6. The first-order valence-electron chi connectivity index (χ1n) is 12.6. The number of hydrogen-bond acceptors (Lipinski definition) is 5. The Morgan fingerprint density at radius 1 is 1.00 bits per heavy atom. The average Bonchev–Trinajstić information content (AvgIpc) is 2.75. The lowest BCUT2D eigenvalue weighted by atomic mass is 9.54. The van der Waals surface area contributed by atoms with Crippen LogP contribution in [0.4, 0.5) is 4.79 Å². The molecular formula is C27H38N2O5. The number of rotatable bonds is 7. The summed E-state index contributed by atoms with van der Waals surface area (Å²) in [5.41, 5.74) is 0.248. The number of benzene rings is 1. The van der Waals surface area contributed by atoms with Crippen LogP contribution < -0.4 is 5.32 Å². The molecule has 4 fully saturated rings. The number of amides is 2. The predicted molar refractivity (Wildman–Crippen MR) is 128 cm³/mol. The van der Waals surface area contributed by atoms with Crippen molar-refractivity contribution in [1.82, 2.24) is 10.2 Å². The zero-order valence-corrected chi connectivity index (χ0v) is 20.8. The van der Waals surface area contributed by atoms with Gasteiger partial charge in [0.2, 0.25) is 5.91 Å². The van der Waals surface area contributed by atoms with Crippen molar-refractivity contribution < 1.29 is 23.9 Å². The van der Waals surface area contributed by atoms with Gasteiger partial charge in [0.1, 0.15) is 24.8 Å². The Morgan fingerprint density at radius 3 is 2.15 bits per heavy atom. The smallest absolute Gasteiger partial charge is 0.408 e. The molecule has 186 valence electrons. The van der Waals surface area contributed by atoms with Gasteiger partial charge in [-0.15, -0.1) is 0 Å². The van der Waals surface area contributed by atoms with Crippen molar-refractivity contribution in [1.29, 1.82) is 0 Å². The highest BCUT2D eigenvalue weighted by Gasteiger charge is 2.51. The Bertz CT molecular complexity index is 866. The molecule has 0 radical (unpaired) electrons. The van der Waals surface area contributed by atoms with Gasteiger partial charge in [-0.2, -0.15) is 0 Å². The number of alkyl carbamates (subject to hydrolysis) is 1. The summed E-state index contributed by atoms with van der Waals surface area (Å²) in [5.74, 6) is 1.68. The highest BCUT2D eigenvalue weighted by atomic mass is 16.6. The first-order valence-corrected chi connectivity index (χ1v) is 12.6. The number of carbonyl (C=O) groups excluding carboxylic acids is 3. The van der Waals surface area contributed by atoms with E-state index in [1.54, 1.807) is 11.8 Å². The molecule has 5 rings (SSSR count). The zero-order chi connectivity index (χ0) is 24.5. The second kappa shape index (κ2) is 9.96. The molecule has 2 amide bonds. The minimum absolute atomic E-state index is 0.0254. The molecule has 0 heterocycles. The van der Waals surface area contributed by atoms with E-state index in [2.05, 4.69) is 5.32 Å². The first-order chi connectivity index (χ1) is 16.1. The van der Waals surface area contributed by atoms with Gasteiger partial charge in [-0.25, -0.2) is 4.79 Å². The molecule has 0 spiro atoms. The number of ether oxygens (including phenoxy) is 2. The van der Waals surface area contributed by atoms with E-state index in [4.69, 9.17) is 9.47 Å². The molecule has 4 saturated carbocycles. The lowest BCUT2D eigenvalue weighted by Crippen LogP contribution is -2.61. The Balaban J connectivity index is 1.43. The van der Waals surface area contributed by atoms with Crippen LogP contribution in [0.5, 0.6) is 0 Å². The maximum Gasteiger partial charge on any atom is 0.408 e. The first kappa shape index (κ1) is 24.6. The molecule has 7 nitrogen and oxygen atoms in total. The van der Waals surface area contributed by atoms with Crippen LogP contribution in [-0.4, -0.2) is 47.1 Å². The van der Waals surface area contributed by atoms with Crippen molar-refractivity contribution in [2.24, 2.45) is 23.7 Å². The number of hydrogen-bond donors (Lipinski definition) is 1. The third-order valence-electron chi connectivity index (χ3n) is 7.46. The van der Waals surface area contributed by atoms with Gasteiger partial charge in [0.05, 0.1) is 0 Å². The summed E-state index contributed by atoms with van der Waals surface area (Å²) < 4.78 is 10.9. The van der Waals surface area contributed by atoms with Gasteiger partial charge in [-0.1, -0.05) is 30.3 Å². The Morgan fingerprint density at radius 2 is 1.59 bits per heavy atom. The largest absolute Gasteiger partial charge is 0.459 e. The van der Waals surface area contributed by atoms with Gasteiger partial charge in [-0.05, 0) is 89.0 Å². The molecule has 4 aliphatic carbocycles. The standard InChI is InChI=1S/C27H38N2O5/c1-17(28-26(32)33-16-18-8-6-5-7-9-18)25(31)29(15-23(30)34-27(2,3)4)24-21-11-19-10-20(13-21)14-22(24)12-19/h5-9,17,19-22,24H,10-16H2,1-4H3,(H,28,32)/t17-,19?,20?,21?,22?,24?/m0/s1. The fourth-order valence-corrected chi connectivity index (χ4v) is 6.50. The van der Waals surface area contributed by atoms with E-state index in [0.29, 0.717) is 11.8 Å². The minimum Gasteiger partial charge on any atom is -0.459 e. The van der Waals surface area contributed by atoms with E-state index >= 15 is 0 Å². The van der Waals surface area contributed by atoms with Crippen molar-refractivity contribution >= 4 is 18.0 Å². The quantitative estimate of drug-likeness (QED) is 0.601. The highest BCUT2D eigenvalue weighted by Crippen LogP contribution is 2.55. The number of nitrogens with zero attached hydrogens (tertiary/aromatic N) is 1. The fraction of sp³-hybridized carbons (Fsp3) is 0.667. The van der Waals surface area contributed by atoms with Crippen LogP contribution >= 0.6 is 0 Å². The van der Waals surface area contributed by atoms with E-state index in [1.807, 2.05) is 51.1 Å². The molecule has 4 bridgehead atoms. The van der Waals surface area contributed by atoms with Gasteiger partial charge in [0.25, 0.3) is 0 Å². The van der Waals surface area contributed by atoms with Gasteiger partial charge in [0, 0.05) is 6.04 Å². The van der Waals surface area contributed by atoms with Crippen LogP contribution in [0.1, 0.15) is 65.4 Å². The lowest BCUT2D eigenvalue weighted by molar-refractivity contribution is -0.165. The molecule has 0 aromatic heterocycles. The molecule has 7 heteroatoms. The van der Waals surface area contributed by atoms with Crippen LogP contribution in [0.15, 0.2) is 30.3 Å². The second-order valence-corrected chi connectivity index (χ2v) is 11.4. The van der Waals surface area contributed by atoms with Gasteiger partial charge in [0.15, 0.2) is 0 Å². The van der Waals surface area contributed by atoms with E-state index in [0.717, 1.165) is 43.1 Å². The molecule has 0 unspecified atom stereocenters. The van der Waals surface area contributed by atoms with Crippen LogP contribution in [0.2, 0.25) is 0 Å². The Kier molecular flexibility index (Phi) is 7.20. The summed E-state index contributed by atoms with van der Waals surface area (Å²) in [6.45, 7) is 7.18. The maximum atomic E-state index is 13.6. The van der Waals surface area contributed by atoms with Crippen molar-refractivity contribution in [3.8, 4) is 0 Å². The number of nitrogens with one attached hydrogen (secondary N) is 1. The number of esters is 1. The van der Waals surface area contributed by atoms with Crippen molar-refractivity contribution in [2.45, 2.75) is 84.1 Å². The van der Waals surface area contributed by atoms with Crippen LogP contribution in [0.3, 0.4) is 0 Å². The molecule has 1 aromatic rings. The predicted octanol–water partition coefficient (Wildman–Crippen LogP) is 4.30. The van der Waals surface area contributed by atoms with E-state index in [1.165, 1.54) is 6.42 Å². The van der Waals surface area contributed by atoms with E-state index < -0.39 is 23.7 Å². The van der Waals surface area contributed by atoms with Crippen molar-refractivity contribution in [3.05, 3.63) is 35.9 Å². The fourth-order valence-electron chi connectivity index (χ4n) is 6.50. The van der Waals surface area contributed by atoms with Gasteiger partial charge < -0.3 is 19.7 Å². The Hall–Kier alpha value is -2.57. The summed E-state index contributed by atoms with van der Waals surface area (Å²) in [4.78, 5) is 40.5. The van der Waals surface area contributed by atoms with Gasteiger partial charge in [-0.3, -0.25) is 9.59 Å². The number of carbonyl (C=O) groups is 3. The summed E-state index contributed by atoms with van der Waals surface area (Å²) >= 11 is 0. The monoisotopic (exact) mass is 470 g/mol. The molecule has 1 N–H and O–H groups in total. The minimum atomic E-state index is -0.803. The zero-order valence-electron chi connectivity index (χ0n) is 20.8. The van der Waals surface area contributed by atoms with Crippen LogP contribution in [0.25, 0.3) is 0 Å². The summed E-state index contributed by atoms with van der Waals surface area (Å²) in [6, 6.07) is 8.62. The third-order valence-corrected chi connectivity index (χ3v) is 7.46. The molecule has 0 aliphatic heterocycles. The van der Waals surface area contributed by atoms with Crippen LogP contribution in [-0.2, 0) is 25.7 Å². The summed E-state index contributed by atoms with van der Waals surface area (Å²) in [6.07, 6.45) is 5.15. The summed E-state index contributed by atoms with van der Waals surface area (Å²) in [5, 5.41) is 2.67. The normalized spacial score (nSPS) is 28.2. The molecular weight excluding hydrogens is 432 g/mol. The highest BCUT2D eigenvalue weighted by molar-refractivity contribution is 5.88. The lowest BCUT2D eigenvalue weighted by Gasteiger charge is -2.57. The van der Waals surface area contributed by atoms with E-state index in [9.17, 15) is 14.4 Å². The SMILES string of the molecule is C[C@H](NC(=O)OCc1ccccc1)C(=O)N(CC(=O)OC(C)(C)C)C1C2CC3CC(C2)CC1C3. The van der Waals surface area contributed by atoms with Gasteiger partial charge >= 0.3 is 12.1 Å². The molecule has 4 aliphatic rings. The third kappa shape index (κ3) is 5.91. The van der Waals surface area contributed by atoms with E-state index in [-0.39, 0.29) is 25.1 Å². The molecule has 1 atom stereocenters. The molecule has 34 heavy (non-hydrogen) atoms. The van der Waals surface area contributed by atoms with Crippen molar-refractivity contribution in [3.63, 3.8) is 0 Å². The summed E-state index contributed by atoms with van der Waals surface area (Å²) in [7, 11) is 0. The Labute approximate surface area is 202 Å².